The molecule has 3 heterocycles. The van der Waals surface area contributed by atoms with E-state index in [2.05, 4.69) is 158 Å². The van der Waals surface area contributed by atoms with Gasteiger partial charge in [-0.15, -0.1) is 0 Å². The first-order valence-corrected chi connectivity index (χ1v) is 17.5. The molecule has 0 saturated heterocycles. The van der Waals surface area contributed by atoms with Crippen molar-refractivity contribution in [2.45, 2.75) is 0 Å². The second-order valence-corrected chi connectivity index (χ2v) is 13.3. The summed E-state index contributed by atoms with van der Waals surface area (Å²) in [6.45, 7) is -0.0475. The minimum absolute atomic E-state index is 0.0193. The second kappa shape index (κ2) is 12.2. The molecule has 0 atom stereocenters. The summed E-state index contributed by atoms with van der Waals surface area (Å²) >= 11 is 0. The summed E-state index contributed by atoms with van der Waals surface area (Å²) < 4.78 is 6.83. The smallest absolute Gasteiger partial charge is 0.265 e. The van der Waals surface area contributed by atoms with E-state index in [1.807, 2.05) is 24.5 Å². The van der Waals surface area contributed by atoms with Crippen LogP contribution in [0.15, 0.2) is 182 Å². The van der Waals surface area contributed by atoms with Crippen LogP contribution < -0.4 is 37.8 Å². The summed E-state index contributed by atoms with van der Waals surface area (Å²) in [6, 6.07) is 60.5. The first-order chi connectivity index (χ1) is 25.3. The number of nitrogens with zero attached hydrogens (tertiary/aromatic N) is 2. The minimum Gasteiger partial charge on any atom is -0.456 e. The number of ether oxygens (including phenoxy) is 1. The van der Waals surface area contributed by atoms with E-state index in [0.29, 0.717) is 0 Å². The lowest BCUT2D eigenvalue weighted by atomic mass is 9.37. The van der Waals surface area contributed by atoms with Gasteiger partial charge in [-0.1, -0.05) is 149 Å². The van der Waals surface area contributed by atoms with Crippen molar-refractivity contribution in [3.8, 4) is 22.6 Å². The normalized spacial score (nSPS) is 11.7. The molecule has 9 aromatic rings. The Morgan fingerprint density at radius 3 is 1.69 bits per heavy atom. The second-order valence-electron chi connectivity index (χ2n) is 13.3. The Labute approximate surface area is 297 Å². The number of pyridine rings is 2. The van der Waals surface area contributed by atoms with E-state index in [-0.39, 0.29) is 13.4 Å². The zero-order chi connectivity index (χ0) is 33.7. The molecule has 0 spiro atoms. The van der Waals surface area contributed by atoms with Gasteiger partial charge < -0.3 is 4.74 Å². The molecule has 51 heavy (non-hydrogen) atoms. The van der Waals surface area contributed by atoms with Gasteiger partial charge in [-0.25, -0.2) is 0 Å². The standard InChI is InChI=1S/C46H30B2N2O/c1-3-14-31(15-4-1)47(44-22-9-11-26-49-44)33-24-25-36-40-29-38-34-18-7-8-19-35(34)41(48(32-16-5-2-6-17-32)45-23-10-12-27-50-45)30-39(38)37-20-13-21-42(46(37)40)51-43(36)28-33/h1-30H. The summed E-state index contributed by atoms with van der Waals surface area (Å²) in [7, 11) is 0. The van der Waals surface area contributed by atoms with Crippen molar-refractivity contribution >= 4 is 78.8 Å². The summed E-state index contributed by atoms with van der Waals surface area (Å²) in [4.78, 5) is 9.68. The average Bonchev–Trinajstić information content (AvgIpc) is 3.20. The Kier molecular flexibility index (Phi) is 7.02. The molecule has 0 amide bonds. The van der Waals surface area contributed by atoms with Crippen LogP contribution in [-0.4, -0.2) is 23.4 Å². The number of rotatable bonds is 6. The number of fused-ring (bicyclic) bond motifs is 6. The van der Waals surface area contributed by atoms with Crippen LogP contribution in [-0.2, 0) is 0 Å². The Balaban J connectivity index is 1.21. The van der Waals surface area contributed by atoms with Crippen molar-refractivity contribution in [2.75, 3.05) is 0 Å². The third kappa shape index (κ3) is 4.93. The zero-order valence-corrected chi connectivity index (χ0v) is 27.8. The van der Waals surface area contributed by atoms with Crippen LogP contribution in [0.4, 0.5) is 0 Å². The molecule has 0 unspecified atom stereocenters. The fraction of sp³-hybridized carbons (Fsp3) is 0. The Hall–Kier alpha value is -6.45. The molecule has 5 heteroatoms. The SMILES string of the molecule is c1ccc(B(c2ccc3c(c2)Oc2cccc4c2c-3cc2c3ccccc3c(B(c3ccccc3)c3ccccn3)cc42)c2ccccn2)cc1. The molecular formula is C46H30B2N2O. The van der Waals surface area contributed by atoms with Crippen molar-refractivity contribution in [1.29, 1.82) is 0 Å². The molecule has 236 valence electrons. The van der Waals surface area contributed by atoms with Gasteiger partial charge in [0, 0.05) is 34.5 Å². The van der Waals surface area contributed by atoms with Crippen LogP contribution in [0.3, 0.4) is 0 Å². The Bertz CT molecular complexity index is 2640. The maximum Gasteiger partial charge on any atom is 0.265 e. The molecule has 0 aliphatic carbocycles. The molecule has 0 fully saturated rings. The molecular weight excluding hydrogens is 618 g/mol. The van der Waals surface area contributed by atoms with Crippen molar-refractivity contribution in [1.82, 2.24) is 9.97 Å². The van der Waals surface area contributed by atoms with Crippen LogP contribution >= 0.6 is 0 Å². The molecule has 1 aliphatic rings. The highest BCUT2D eigenvalue weighted by Gasteiger charge is 2.29. The van der Waals surface area contributed by atoms with Crippen LogP contribution in [0, 0.1) is 0 Å². The molecule has 2 aromatic heterocycles. The molecule has 1 aliphatic heterocycles. The van der Waals surface area contributed by atoms with Crippen molar-refractivity contribution in [3.63, 3.8) is 0 Å². The lowest BCUT2D eigenvalue weighted by molar-refractivity contribution is 0.487. The monoisotopic (exact) mass is 648 g/mol. The molecule has 0 N–H and O–H groups in total. The quantitative estimate of drug-likeness (QED) is 0.148. The summed E-state index contributed by atoms with van der Waals surface area (Å²) in [5, 5.41) is 7.24. The third-order valence-corrected chi connectivity index (χ3v) is 10.4. The van der Waals surface area contributed by atoms with Crippen LogP contribution in [0.1, 0.15) is 0 Å². The van der Waals surface area contributed by atoms with Crippen molar-refractivity contribution in [3.05, 3.63) is 182 Å². The predicted octanol–water partition coefficient (Wildman–Crippen LogP) is 6.74. The average molecular weight is 648 g/mol. The number of hydrogen-bond acceptors (Lipinski definition) is 3. The number of benzene rings is 7. The maximum absolute atomic E-state index is 6.83. The first-order valence-electron chi connectivity index (χ1n) is 17.5. The van der Waals surface area contributed by atoms with Gasteiger partial charge in [0.15, 0.2) is 0 Å². The lowest BCUT2D eigenvalue weighted by Gasteiger charge is -2.25. The topological polar surface area (TPSA) is 35.0 Å². The largest absolute Gasteiger partial charge is 0.456 e. The molecule has 3 nitrogen and oxygen atoms in total. The van der Waals surface area contributed by atoms with E-state index < -0.39 is 0 Å². The van der Waals surface area contributed by atoms with E-state index >= 15 is 0 Å². The molecule has 10 rings (SSSR count). The van der Waals surface area contributed by atoms with Crippen LogP contribution in [0.25, 0.3) is 43.4 Å². The van der Waals surface area contributed by atoms with E-state index in [0.717, 1.165) is 39.1 Å². The Morgan fingerprint density at radius 2 is 0.980 bits per heavy atom. The van der Waals surface area contributed by atoms with Crippen molar-refractivity contribution in [2.24, 2.45) is 0 Å². The fourth-order valence-electron chi connectivity index (χ4n) is 8.16. The van der Waals surface area contributed by atoms with Gasteiger partial charge in [-0.05, 0) is 75.0 Å². The van der Waals surface area contributed by atoms with Gasteiger partial charge in [-0.3, -0.25) is 9.97 Å². The van der Waals surface area contributed by atoms with Gasteiger partial charge in [0.1, 0.15) is 11.5 Å². The van der Waals surface area contributed by atoms with Gasteiger partial charge in [0.05, 0.1) is 0 Å². The first kappa shape index (κ1) is 29.5. The van der Waals surface area contributed by atoms with E-state index in [1.54, 1.807) is 0 Å². The summed E-state index contributed by atoms with van der Waals surface area (Å²) in [5.41, 5.74) is 9.13. The van der Waals surface area contributed by atoms with E-state index in [4.69, 9.17) is 14.7 Å². The van der Waals surface area contributed by atoms with Gasteiger partial charge in [0.2, 0.25) is 0 Å². The number of aromatic nitrogens is 2. The zero-order valence-electron chi connectivity index (χ0n) is 27.8. The number of hydrogen-bond donors (Lipinski definition) is 0. The summed E-state index contributed by atoms with van der Waals surface area (Å²) in [5.74, 6) is 1.74. The van der Waals surface area contributed by atoms with Crippen molar-refractivity contribution < 1.29 is 4.74 Å². The van der Waals surface area contributed by atoms with Crippen LogP contribution in [0.2, 0.25) is 0 Å². The van der Waals surface area contributed by atoms with E-state index in [9.17, 15) is 0 Å². The van der Waals surface area contributed by atoms with Crippen LogP contribution in [0.5, 0.6) is 11.5 Å². The third-order valence-electron chi connectivity index (χ3n) is 10.4. The fourth-order valence-corrected chi connectivity index (χ4v) is 8.16. The summed E-state index contributed by atoms with van der Waals surface area (Å²) in [6.07, 6.45) is 3.77. The Morgan fingerprint density at radius 1 is 0.373 bits per heavy atom. The predicted molar refractivity (Wildman–Crippen MR) is 215 cm³/mol. The molecule has 0 saturated carbocycles. The minimum atomic E-state index is -0.0282. The van der Waals surface area contributed by atoms with Gasteiger partial charge >= 0.3 is 0 Å². The molecule has 7 aromatic carbocycles. The van der Waals surface area contributed by atoms with Gasteiger partial charge in [0.25, 0.3) is 13.4 Å². The molecule has 0 bridgehead atoms. The highest BCUT2D eigenvalue weighted by Crippen LogP contribution is 2.49. The van der Waals surface area contributed by atoms with Gasteiger partial charge in [-0.2, -0.15) is 0 Å². The van der Waals surface area contributed by atoms with E-state index in [1.165, 1.54) is 48.9 Å². The molecule has 0 radical (unpaired) electrons. The highest BCUT2D eigenvalue weighted by molar-refractivity contribution is 6.96. The lowest BCUT2D eigenvalue weighted by Crippen LogP contribution is -2.53. The maximum atomic E-state index is 6.83. The highest BCUT2D eigenvalue weighted by atomic mass is 16.5.